The number of dihydropyridines is 1. The molecule has 7 rings (SSSR count). The summed E-state index contributed by atoms with van der Waals surface area (Å²) < 4.78 is 29.4. The minimum Gasteiger partial charge on any atom is -0.448 e. The third-order valence-electron chi connectivity index (χ3n) is 10.7. The zero-order chi connectivity index (χ0) is 28.1. The first-order valence-electron chi connectivity index (χ1n) is 15.1. The summed E-state index contributed by atoms with van der Waals surface area (Å²) in [5.74, 6) is -0.726. The maximum atomic E-state index is 16.4. The summed E-state index contributed by atoms with van der Waals surface area (Å²) >= 11 is 0. The molecule has 1 saturated heterocycles. The third-order valence-corrected chi connectivity index (χ3v) is 10.7. The van der Waals surface area contributed by atoms with E-state index in [0.29, 0.717) is 41.6 Å². The van der Waals surface area contributed by atoms with Crippen molar-refractivity contribution in [1.82, 2.24) is 15.1 Å². The van der Waals surface area contributed by atoms with E-state index in [0.717, 1.165) is 57.3 Å². The molecule has 1 aromatic carbocycles. The van der Waals surface area contributed by atoms with E-state index in [4.69, 9.17) is 9.47 Å². The van der Waals surface area contributed by atoms with Gasteiger partial charge in [0.2, 0.25) is 5.75 Å². The fourth-order valence-electron chi connectivity index (χ4n) is 8.18. The van der Waals surface area contributed by atoms with Gasteiger partial charge in [-0.2, -0.15) is 0 Å². The van der Waals surface area contributed by atoms with Crippen LogP contribution in [0.1, 0.15) is 87.7 Å². The molecular formula is C32H42FN3O4. The molecule has 3 fully saturated rings. The van der Waals surface area contributed by atoms with Crippen molar-refractivity contribution in [1.29, 1.82) is 0 Å². The molecule has 0 bridgehead atoms. The number of hydrogen-bond acceptors (Lipinski definition) is 6. The van der Waals surface area contributed by atoms with Gasteiger partial charge in [0.05, 0.1) is 11.7 Å². The number of carbonyl (C=O) groups excluding carboxylic acids is 1. The molecule has 0 aromatic heterocycles. The van der Waals surface area contributed by atoms with E-state index < -0.39 is 11.6 Å². The highest BCUT2D eigenvalue weighted by Crippen LogP contribution is 2.59. The van der Waals surface area contributed by atoms with Gasteiger partial charge in [-0.05, 0) is 83.4 Å². The smallest absolute Gasteiger partial charge is 0.254 e. The summed E-state index contributed by atoms with van der Waals surface area (Å²) in [6.07, 6.45) is 7.56. The summed E-state index contributed by atoms with van der Waals surface area (Å²) in [5.41, 5.74) is 4.91. The predicted molar refractivity (Wildman–Crippen MR) is 150 cm³/mol. The molecule has 216 valence electrons. The number of fused-ring (bicyclic) bond motifs is 3. The van der Waals surface area contributed by atoms with E-state index in [9.17, 15) is 9.90 Å². The van der Waals surface area contributed by atoms with Gasteiger partial charge in [0, 0.05) is 73.3 Å². The molecule has 1 spiro atoms. The van der Waals surface area contributed by atoms with Crippen molar-refractivity contribution in [2.45, 2.75) is 103 Å². The van der Waals surface area contributed by atoms with E-state index in [2.05, 4.69) is 37.1 Å². The Balaban J connectivity index is 1.17. The molecule has 2 aliphatic carbocycles. The molecule has 7 nitrogen and oxygen atoms in total. The van der Waals surface area contributed by atoms with Crippen LogP contribution in [0.25, 0.3) is 0 Å². The first-order chi connectivity index (χ1) is 19.0. The van der Waals surface area contributed by atoms with Crippen LogP contribution in [0.2, 0.25) is 0 Å². The SMILES string of the molecule is CC1=CC(C)=C(CN2CC3(CC3)c3c(F)c4c(c(C)c3C2=O)O[C@@](C)(C2CCC(N3CC(O)C3)CC2)O4)C(C)N1. The van der Waals surface area contributed by atoms with Gasteiger partial charge in [0.15, 0.2) is 11.6 Å². The lowest BCUT2D eigenvalue weighted by molar-refractivity contribution is -0.129. The molecule has 4 heterocycles. The van der Waals surface area contributed by atoms with Gasteiger partial charge in [0.1, 0.15) is 0 Å². The molecule has 4 aliphatic heterocycles. The van der Waals surface area contributed by atoms with Crippen molar-refractivity contribution >= 4 is 5.91 Å². The van der Waals surface area contributed by atoms with Gasteiger partial charge < -0.3 is 24.8 Å². The second-order valence-electron chi connectivity index (χ2n) is 13.5. The number of carbonyl (C=O) groups is 1. The number of aliphatic hydroxyl groups is 1. The van der Waals surface area contributed by atoms with Gasteiger partial charge in [-0.25, -0.2) is 4.39 Å². The number of benzene rings is 1. The third kappa shape index (κ3) is 3.92. The van der Waals surface area contributed by atoms with Gasteiger partial charge in [-0.1, -0.05) is 0 Å². The first-order valence-corrected chi connectivity index (χ1v) is 15.1. The first kappa shape index (κ1) is 26.3. The van der Waals surface area contributed by atoms with Crippen molar-refractivity contribution in [3.63, 3.8) is 0 Å². The summed E-state index contributed by atoms with van der Waals surface area (Å²) in [4.78, 5) is 18.4. The van der Waals surface area contributed by atoms with Crippen molar-refractivity contribution in [3.8, 4) is 11.5 Å². The summed E-state index contributed by atoms with van der Waals surface area (Å²) in [7, 11) is 0. The van der Waals surface area contributed by atoms with E-state index in [1.807, 2.05) is 18.7 Å². The summed E-state index contributed by atoms with van der Waals surface area (Å²) in [5, 5.41) is 13.2. The number of amides is 1. The Labute approximate surface area is 236 Å². The van der Waals surface area contributed by atoms with Crippen LogP contribution in [0, 0.1) is 18.7 Å². The van der Waals surface area contributed by atoms with E-state index in [1.54, 1.807) is 0 Å². The number of nitrogens with one attached hydrogen (secondary N) is 1. The summed E-state index contributed by atoms with van der Waals surface area (Å²) in [6, 6.07) is 0.627. The number of likely N-dealkylation sites (tertiary alicyclic amines) is 1. The Hall–Kier alpha value is -2.58. The average Bonchev–Trinajstić information content (AvgIpc) is 3.55. The Morgan fingerprint density at radius 1 is 1.10 bits per heavy atom. The number of halogens is 1. The van der Waals surface area contributed by atoms with Crippen molar-refractivity contribution in [2.75, 3.05) is 26.2 Å². The van der Waals surface area contributed by atoms with E-state index >= 15 is 4.39 Å². The minimum absolute atomic E-state index is 0.111. The second kappa shape index (κ2) is 8.96. The lowest BCUT2D eigenvalue weighted by Crippen LogP contribution is -2.57. The molecule has 1 aromatic rings. The van der Waals surface area contributed by atoms with Crippen LogP contribution >= 0.6 is 0 Å². The Bertz CT molecular complexity index is 1340. The largest absolute Gasteiger partial charge is 0.448 e. The van der Waals surface area contributed by atoms with Crippen molar-refractivity contribution in [2.24, 2.45) is 5.92 Å². The number of ether oxygens (including phenoxy) is 2. The average molecular weight is 552 g/mol. The maximum Gasteiger partial charge on any atom is 0.254 e. The molecule has 1 unspecified atom stereocenters. The van der Waals surface area contributed by atoms with Gasteiger partial charge in [0.25, 0.3) is 11.7 Å². The van der Waals surface area contributed by atoms with Crippen molar-refractivity contribution in [3.05, 3.63) is 45.4 Å². The molecule has 8 heteroatoms. The van der Waals surface area contributed by atoms with E-state index in [-0.39, 0.29) is 35.1 Å². The minimum atomic E-state index is -0.952. The molecule has 6 aliphatic rings. The van der Waals surface area contributed by atoms with Gasteiger partial charge in [-0.15, -0.1) is 0 Å². The molecule has 2 saturated carbocycles. The fourth-order valence-corrected chi connectivity index (χ4v) is 8.18. The Morgan fingerprint density at radius 3 is 2.40 bits per heavy atom. The molecular weight excluding hydrogens is 509 g/mol. The van der Waals surface area contributed by atoms with Gasteiger partial charge in [-0.3, -0.25) is 9.69 Å². The van der Waals surface area contributed by atoms with E-state index in [1.165, 1.54) is 11.1 Å². The van der Waals surface area contributed by atoms with Crippen molar-refractivity contribution < 1.29 is 23.8 Å². The zero-order valence-corrected chi connectivity index (χ0v) is 24.4. The van der Waals surface area contributed by atoms with Crippen LogP contribution < -0.4 is 14.8 Å². The lowest BCUT2D eigenvalue weighted by Gasteiger charge is -2.46. The highest BCUT2D eigenvalue weighted by molar-refractivity contribution is 6.00. The second-order valence-corrected chi connectivity index (χ2v) is 13.5. The molecule has 2 N–H and O–H groups in total. The number of nitrogens with zero attached hydrogens (tertiary/aromatic N) is 2. The predicted octanol–water partition coefficient (Wildman–Crippen LogP) is 4.56. The molecule has 2 atom stereocenters. The number of allylic oxidation sites excluding steroid dienone is 3. The number of hydrogen-bond donors (Lipinski definition) is 2. The highest BCUT2D eigenvalue weighted by atomic mass is 19.1. The van der Waals surface area contributed by atoms with Crippen LogP contribution in [0.3, 0.4) is 0 Å². The number of rotatable bonds is 4. The topological polar surface area (TPSA) is 74.3 Å². The molecule has 40 heavy (non-hydrogen) atoms. The van der Waals surface area contributed by atoms with Crippen LogP contribution in [-0.4, -0.2) is 71.0 Å². The standard InChI is InChI=1S/C32H42FN3O4/c1-17-12-18(2)34-20(4)24(17)15-36-16-32(10-11-32)26-25(30(36)38)19(3)28-29(27(26)33)40-31(5,39-28)21-6-8-22(9-7-21)35-13-23(37)14-35/h12,20-23,34,37H,6-11,13-16H2,1-5H3/t20?,21?,22?,31-/m1/s1. The van der Waals surface area contributed by atoms with Gasteiger partial charge >= 0.3 is 0 Å². The Kier molecular flexibility index (Phi) is 5.90. The fraction of sp³-hybridized carbons (Fsp3) is 0.656. The monoisotopic (exact) mass is 551 g/mol. The number of β-amino-alcohol motifs (C(OH)–C–C–N with tert-alkyl or cyclic N) is 1. The Morgan fingerprint density at radius 2 is 1.77 bits per heavy atom. The number of aliphatic hydroxyl groups excluding tert-OH is 1. The van der Waals surface area contributed by atoms with Crippen LogP contribution in [0.5, 0.6) is 11.5 Å². The van der Waals surface area contributed by atoms with Crippen LogP contribution in [-0.2, 0) is 5.41 Å². The molecule has 1 amide bonds. The maximum absolute atomic E-state index is 16.4. The lowest BCUT2D eigenvalue weighted by atomic mass is 9.80. The molecule has 0 radical (unpaired) electrons. The zero-order valence-electron chi connectivity index (χ0n) is 24.4. The quantitative estimate of drug-likeness (QED) is 0.572. The normalized spacial score (nSPS) is 33.1. The van der Waals surface area contributed by atoms with Crippen LogP contribution in [0.15, 0.2) is 22.9 Å². The highest BCUT2D eigenvalue weighted by Gasteiger charge is 2.57. The van der Waals surface area contributed by atoms with Crippen LogP contribution in [0.4, 0.5) is 4.39 Å². The summed E-state index contributed by atoms with van der Waals surface area (Å²) in [6.45, 7) is 12.7.